The molecule has 0 aliphatic carbocycles. The van der Waals surface area contributed by atoms with E-state index >= 15 is 0 Å². The molecule has 0 spiro atoms. The molecule has 0 saturated heterocycles. The molecule has 0 aliphatic rings. The van der Waals surface area contributed by atoms with Crippen LogP contribution in [0.4, 0.5) is 11.6 Å². The number of carbonyl (C=O) groups is 1. The smallest absolute Gasteiger partial charge is 0.238 e. The van der Waals surface area contributed by atoms with Crippen molar-refractivity contribution in [2.45, 2.75) is 0 Å². The highest BCUT2D eigenvalue weighted by molar-refractivity contribution is 5.91. The number of hydrogen-bond donors (Lipinski definition) is 2. The number of amides is 1. The Morgan fingerprint density at radius 1 is 1.40 bits per heavy atom. The van der Waals surface area contributed by atoms with Crippen LogP contribution in [0, 0.1) is 0 Å². The monoisotopic (exact) mass is 209 g/mol. The van der Waals surface area contributed by atoms with Crippen LogP contribution in [0.15, 0.2) is 12.4 Å². The van der Waals surface area contributed by atoms with Gasteiger partial charge in [0.25, 0.3) is 0 Å². The topological polar surface area (TPSA) is 70.2 Å². The Balaban J connectivity index is 2.60. The summed E-state index contributed by atoms with van der Waals surface area (Å²) in [5.41, 5.74) is 0.598. The van der Waals surface area contributed by atoms with Gasteiger partial charge < -0.3 is 15.5 Å². The predicted molar refractivity (Wildman–Crippen MR) is 58.9 cm³/mol. The summed E-state index contributed by atoms with van der Waals surface area (Å²) in [5.74, 6) is 0.500. The summed E-state index contributed by atoms with van der Waals surface area (Å²) in [5, 5.41) is 5.42. The first-order valence-corrected chi connectivity index (χ1v) is 4.57. The average molecular weight is 209 g/mol. The summed E-state index contributed by atoms with van der Waals surface area (Å²) in [6, 6.07) is 0. The first-order chi connectivity index (χ1) is 7.13. The SMILES string of the molecule is CNCC(=O)Nc1cnc(N(C)C)nc1. The lowest BCUT2D eigenvalue weighted by Gasteiger charge is -2.10. The van der Waals surface area contributed by atoms with Crippen molar-refractivity contribution < 1.29 is 4.79 Å². The first kappa shape index (κ1) is 11.4. The third-order valence-electron chi connectivity index (χ3n) is 1.66. The summed E-state index contributed by atoms with van der Waals surface area (Å²) < 4.78 is 0. The fourth-order valence-corrected chi connectivity index (χ4v) is 0.982. The van der Waals surface area contributed by atoms with Crippen LogP contribution in [0.5, 0.6) is 0 Å². The van der Waals surface area contributed by atoms with Crippen molar-refractivity contribution >= 4 is 17.5 Å². The third kappa shape index (κ3) is 3.51. The van der Waals surface area contributed by atoms with E-state index in [1.165, 1.54) is 0 Å². The van der Waals surface area contributed by atoms with Crippen LogP contribution < -0.4 is 15.5 Å². The van der Waals surface area contributed by atoms with E-state index < -0.39 is 0 Å². The van der Waals surface area contributed by atoms with Gasteiger partial charge in [0, 0.05) is 14.1 Å². The quantitative estimate of drug-likeness (QED) is 0.712. The number of hydrogen-bond acceptors (Lipinski definition) is 5. The van der Waals surface area contributed by atoms with E-state index in [9.17, 15) is 4.79 Å². The van der Waals surface area contributed by atoms with E-state index in [4.69, 9.17) is 0 Å². The number of nitrogens with one attached hydrogen (secondary N) is 2. The molecule has 82 valence electrons. The van der Waals surface area contributed by atoms with E-state index in [1.54, 1.807) is 24.3 Å². The molecule has 1 heterocycles. The summed E-state index contributed by atoms with van der Waals surface area (Å²) in [6.45, 7) is 0.273. The highest BCUT2D eigenvalue weighted by Crippen LogP contribution is 2.06. The van der Waals surface area contributed by atoms with Crippen LogP contribution in [0.25, 0.3) is 0 Å². The van der Waals surface area contributed by atoms with Gasteiger partial charge in [-0.15, -0.1) is 0 Å². The molecule has 0 radical (unpaired) electrons. The Labute approximate surface area is 88.7 Å². The highest BCUT2D eigenvalue weighted by Gasteiger charge is 2.02. The number of nitrogens with zero attached hydrogens (tertiary/aromatic N) is 3. The zero-order valence-corrected chi connectivity index (χ0v) is 9.11. The number of rotatable bonds is 4. The molecule has 0 fully saturated rings. The third-order valence-corrected chi connectivity index (χ3v) is 1.66. The lowest BCUT2D eigenvalue weighted by molar-refractivity contribution is -0.115. The maximum Gasteiger partial charge on any atom is 0.238 e. The van der Waals surface area contributed by atoms with Crippen LogP contribution in [-0.2, 0) is 4.79 Å². The van der Waals surface area contributed by atoms with Gasteiger partial charge in [-0.3, -0.25) is 4.79 Å². The fraction of sp³-hybridized carbons (Fsp3) is 0.444. The van der Waals surface area contributed by atoms with Crippen molar-refractivity contribution in [3.05, 3.63) is 12.4 Å². The van der Waals surface area contributed by atoms with Gasteiger partial charge in [-0.2, -0.15) is 0 Å². The minimum atomic E-state index is -0.112. The molecule has 0 bridgehead atoms. The van der Waals surface area contributed by atoms with Crippen molar-refractivity contribution in [1.82, 2.24) is 15.3 Å². The van der Waals surface area contributed by atoms with Crippen molar-refractivity contribution in [1.29, 1.82) is 0 Å². The number of likely N-dealkylation sites (N-methyl/N-ethyl adjacent to an activating group) is 1. The van der Waals surface area contributed by atoms with Crippen LogP contribution in [0.2, 0.25) is 0 Å². The van der Waals surface area contributed by atoms with Gasteiger partial charge in [0.2, 0.25) is 11.9 Å². The van der Waals surface area contributed by atoms with Crippen LogP contribution in [0.1, 0.15) is 0 Å². The van der Waals surface area contributed by atoms with Crippen LogP contribution in [-0.4, -0.2) is 43.6 Å². The second-order valence-electron chi connectivity index (χ2n) is 3.24. The van der Waals surface area contributed by atoms with Crippen LogP contribution in [0.3, 0.4) is 0 Å². The molecule has 0 aliphatic heterocycles. The maximum atomic E-state index is 11.2. The Hall–Kier alpha value is -1.69. The Morgan fingerprint density at radius 3 is 2.47 bits per heavy atom. The summed E-state index contributed by atoms with van der Waals surface area (Å²) in [7, 11) is 5.43. The lowest BCUT2D eigenvalue weighted by Crippen LogP contribution is -2.25. The molecular formula is C9H15N5O. The molecule has 0 unspecified atom stereocenters. The fourth-order valence-electron chi connectivity index (χ4n) is 0.982. The second-order valence-corrected chi connectivity index (χ2v) is 3.24. The van der Waals surface area contributed by atoms with Gasteiger partial charge >= 0.3 is 0 Å². The summed E-state index contributed by atoms with van der Waals surface area (Å²) in [4.78, 5) is 21.1. The molecule has 1 rings (SSSR count). The molecule has 2 N–H and O–H groups in total. The summed E-state index contributed by atoms with van der Waals surface area (Å²) >= 11 is 0. The lowest BCUT2D eigenvalue weighted by atomic mass is 10.5. The highest BCUT2D eigenvalue weighted by atomic mass is 16.1. The van der Waals surface area contributed by atoms with E-state index in [1.807, 2.05) is 14.1 Å². The molecule has 0 saturated carbocycles. The molecule has 1 aromatic heterocycles. The molecule has 6 nitrogen and oxygen atoms in total. The molecule has 0 atom stereocenters. The predicted octanol–water partition coefficient (Wildman–Crippen LogP) is -0.299. The Morgan fingerprint density at radius 2 is 2.00 bits per heavy atom. The zero-order chi connectivity index (χ0) is 11.3. The van der Waals surface area contributed by atoms with E-state index in [2.05, 4.69) is 20.6 Å². The standard InChI is InChI=1S/C9H15N5O/c1-10-6-8(15)13-7-4-11-9(12-5-7)14(2)3/h4-5,10H,6H2,1-3H3,(H,13,15). The maximum absolute atomic E-state index is 11.2. The van der Waals surface area contributed by atoms with E-state index in [0.717, 1.165) is 0 Å². The molecule has 15 heavy (non-hydrogen) atoms. The van der Waals surface area contributed by atoms with E-state index in [0.29, 0.717) is 11.6 Å². The molecule has 1 amide bonds. The normalized spacial score (nSPS) is 9.80. The van der Waals surface area contributed by atoms with Gasteiger partial charge in [-0.05, 0) is 7.05 Å². The van der Waals surface area contributed by atoms with Crippen molar-refractivity contribution in [3.63, 3.8) is 0 Å². The summed E-state index contributed by atoms with van der Waals surface area (Å²) in [6.07, 6.45) is 3.16. The largest absolute Gasteiger partial charge is 0.347 e. The van der Waals surface area contributed by atoms with Crippen molar-refractivity contribution in [2.75, 3.05) is 37.9 Å². The van der Waals surface area contributed by atoms with Gasteiger partial charge in [-0.25, -0.2) is 9.97 Å². The molecule has 6 heteroatoms. The number of aromatic nitrogens is 2. The molecule has 1 aromatic rings. The van der Waals surface area contributed by atoms with Crippen molar-refractivity contribution in [2.24, 2.45) is 0 Å². The molecule has 0 aromatic carbocycles. The van der Waals surface area contributed by atoms with E-state index in [-0.39, 0.29) is 12.5 Å². The zero-order valence-electron chi connectivity index (χ0n) is 9.11. The van der Waals surface area contributed by atoms with Gasteiger partial charge in [0.15, 0.2) is 0 Å². The van der Waals surface area contributed by atoms with Gasteiger partial charge in [0.05, 0.1) is 24.6 Å². The number of anilines is 2. The van der Waals surface area contributed by atoms with Crippen LogP contribution >= 0.6 is 0 Å². The average Bonchev–Trinajstić information content (AvgIpc) is 2.18. The van der Waals surface area contributed by atoms with Gasteiger partial charge in [0.1, 0.15) is 0 Å². The van der Waals surface area contributed by atoms with Crippen molar-refractivity contribution in [3.8, 4) is 0 Å². The van der Waals surface area contributed by atoms with Gasteiger partial charge in [-0.1, -0.05) is 0 Å². The Bertz CT molecular complexity index is 322. The first-order valence-electron chi connectivity index (χ1n) is 4.57. The Kier molecular flexibility index (Phi) is 3.99. The second kappa shape index (κ2) is 5.26. The minimum Gasteiger partial charge on any atom is -0.347 e. The molecular weight excluding hydrogens is 194 g/mol. The minimum absolute atomic E-state index is 0.112. The number of carbonyl (C=O) groups excluding carboxylic acids is 1.